The summed E-state index contributed by atoms with van der Waals surface area (Å²) in [5.74, 6) is 0.992. The van der Waals surface area contributed by atoms with Crippen molar-refractivity contribution in [3.8, 4) is 17.6 Å². The van der Waals surface area contributed by atoms with Gasteiger partial charge in [0.25, 0.3) is 0 Å². The van der Waals surface area contributed by atoms with Crippen LogP contribution in [0.4, 0.5) is 0 Å². The van der Waals surface area contributed by atoms with Crippen molar-refractivity contribution in [2.45, 2.75) is 39.5 Å². The Morgan fingerprint density at radius 1 is 1.30 bits per heavy atom. The van der Waals surface area contributed by atoms with Crippen LogP contribution in [0.1, 0.15) is 45.1 Å². The average molecular weight is 452 g/mol. The van der Waals surface area contributed by atoms with Crippen LogP contribution in [0.25, 0.3) is 0 Å². The molecule has 0 aromatic heterocycles. The second-order valence-corrected chi connectivity index (χ2v) is 9.03. The van der Waals surface area contributed by atoms with E-state index in [4.69, 9.17) is 19.9 Å². The van der Waals surface area contributed by atoms with Crippen LogP contribution in [0.5, 0.6) is 11.5 Å². The van der Waals surface area contributed by atoms with Crippen LogP contribution in [-0.2, 0) is 9.53 Å². The van der Waals surface area contributed by atoms with E-state index < -0.39 is 5.92 Å². The Morgan fingerprint density at radius 3 is 2.70 bits per heavy atom. The molecule has 2 N–H and O–H groups in total. The number of ketones is 1. The van der Waals surface area contributed by atoms with Gasteiger partial charge in [0.1, 0.15) is 12.4 Å². The van der Waals surface area contributed by atoms with Crippen molar-refractivity contribution < 1.29 is 19.0 Å². The van der Waals surface area contributed by atoms with Gasteiger partial charge in [-0.05, 0) is 36.5 Å². The van der Waals surface area contributed by atoms with Crippen molar-refractivity contribution in [2.75, 3.05) is 33.5 Å². The number of nitriles is 1. The van der Waals surface area contributed by atoms with Gasteiger partial charge in [-0.2, -0.15) is 5.26 Å². The maximum absolute atomic E-state index is 13.5. The molecule has 1 aromatic rings. The molecule has 7 nitrogen and oxygen atoms in total. The zero-order valence-electron chi connectivity index (χ0n) is 19.9. The lowest BCUT2D eigenvalue weighted by Gasteiger charge is -2.43. The smallest absolute Gasteiger partial charge is 0.162 e. The predicted molar refractivity (Wildman–Crippen MR) is 127 cm³/mol. The van der Waals surface area contributed by atoms with E-state index in [2.05, 4.69) is 26.5 Å². The van der Waals surface area contributed by atoms with E-state index in [1.54, 1.807) is 13.2 Å². The second-order valence-electron chi connectivity index (χ2n) is 9.03. The average Bonchev–Trinajstić information content (AvgIpc) is 2.76. The molecule has 1 aliphatic carbocycles. The first kappa shape index (κ1) is 24.4. The monoisotopic (exact) mass is 451 g/mol. The van der Waals surface area contributed by atoms with Crippen LogP contribution < -0.4 is 15.2 Å². The number of allylic oxidation sites excluding steroid dienone is 3. The highest BCUT2D eigenvalue weighted by Crippen LogP contribution is 2.49. The summed E-state index contributed by atoms with van der Waals surface area (Å²) in [5, 5.41) is 10.1. The van der Waals surface area contributed by atoms with E-state index in [0.717, 1.165) is 11.3 Å². The molecule has 0 unspecified atom stereocenters. The predicted octanol–water partition coefficient (Wildman–Crippen LogP) is 4.03. The van der Waals surface area contributed by atoms with Crippen LogP contribution in [0.3, 0.4) is 0 Å². The van der Waals surface area contributed by atoms with Crippen molar-refractivity contribution in [3.05, 3.63) is 59.1 Å². The number of hydrogen-bond acceptors (Lipinski definition) is 7. The standard InChI is InChI=1S/C26H33N3O4/c1-6-11-33-21-9-8-17(13-22(21)32-7-2)23-18(16-27)25(28)29(10-12-31-5)19-14-26(3,4)15-20(30)24(19)23/h6,8-9,13,23H,1,7,10-12,14-15,28H2,2-5H3/t23-/m0/s1. The van der Waals surface area contributed by atoms with Gasteiger partial charge in [-0.3, -0.25) is 4.79 Å². The zero-order valence-corrected chi connectivity index (χ0v) is 19.9. The first-order valence-electron chi connectivity index (χ1n) is 11.2. The molecule has 0 radical (unpaired) electrons. The van der Waals surface area contributed by atoms with Gasteiger partial charge in [0.15, 0.2) is 17.3 Å². The Labute approximate surface area is 196 Å². The quantitative estimate of drug-likeness (QED) is 0.566. The lowest BCUT2D eigenvalue weighted by Crippen LogP contribution is -2.43. The van der Waals surface area contributed by atoms with E-state index in [-0.39, 0.29) is 11.2 Å². The molecule has 0 bridgehead atoms. The number of benzene rings is 1. The third kappa shape index (κ3) is 4.91. The fraction of sp³-hybridized carbons (Fsp3) is 0.462. The molecule has 0 amide bonds. The van der Waals surface area contributed by atoms with Crippen LogP contribution in [0.15, 0.2) is 53.5 Å². The largest absolute Gasteiger partial charge is 0.490 e. The number of ether oxygens (including phenoxy) is 3. The SMILES string of the molecule is C=CCOc1ccc([C@H]2C(C#N)=C(N)N(CCOC)C3=C2C(=O)CC(C)(C)C3)cc1OCC. The molecule has 0 fully saturated rings. The van der Waals surface area contributed by atoms with Crippen molar-refractivity contribution in [3.63, 3.8) is 0 Å². The third-order valence-corrected chi connectivity index (χ3v) is 5.96. The van der Waals surface area contributed by atoms with Gasteiger partial charge in [-0.1, -0.05) is 32.6 Å². The molecule has 0 spiro atoms. The van der Waals surface area contributed by atoms with E-state index in [1.807, 2.05) is 30.0 Å². The maximum atomic E-state index is 13.5. The van der Waals surface area contributed by atoms with Crippen molar-refractivity contribution >= 4 is 5.78 Å². The molecule has 1 aromatic carbocycles. The van der Waals surface area contributed by atoms with Crippen LogP contribution in [0.2, 0.25) is 0 Å². The van der Waals surface area contributed by atoms with Crippen molar-refractivity contribution in [2.24, 2.45) is 11.1 Å². The van der Waals surface area contributed by atoms with Crippen LogP contribution in [0, 0.1) is 16.7 Å². The van der Waals surface area contributed by atoms with Gasteiger partial charge in [0.2, 0.25) is 0 Å². The minimum atomic E-state index is -0.556. The summed E-state index contributed by atoms with van der Waals surface area (Å²) in [6, 6.07) is 7.81. The summed E-state index contributed by atoms with van der Waals surface area (Å²) in [7, 11) is 1.62. The van der Waals surface area contributed by atoms with Gasteiger partial charge < -0.3 is 24.8 Å². The summed E-state index contributed by atoms with van der Waals surface area (Å²) in [6.45, 7) is 11.4. The van der Waals surface area contributed by atoms with Crippen LogP contribution in [-0.4, -0.2) is 44.2 Å². The van der Waals surface area contributed by atoms with Gasteiger partial charge in [-0.25, -0.2) is 0 Å². The first-order chi connectivity index (χ1) is 15.8. The molecule has 33 heavy (non-hydrogen) atoms. The number of rotatable bonds is 9. The molecule has 7 heteroatoms. The highest BCUT2D eigenvalue weighted by atomic mass is 16.5. The van der Waals surface area contributed by atoms with Crippen LogP contribution >= 0.6 is 0 Å². The Balaban J connectivity index is 2.19. The topological polar surface area (TPSA) is 97.8 Å². The molecule has 1 heterocycles. The first-order valence-corrected chi connectivity index (χ1v) is 11.2. The Bertz CT molecular complexity index is 1030. The Morgan fingerprint density at radius 2 is 2.06 bits per heavy atom. The van der Waals surface area contributed by atoms with E-state index in [1.165, 1.54) is 0 Å². The fourth-order valence-corrected chi connectivity index (χ4v) is 4.59. The Kier molecular flexibility index (Phi) is 7.50. The lowest BCUT2D eigenvalue weighted by atomic mass is 9.68. The molecule has 0 saturated heterocycles. The molecule has 0 saturated carbocycles. The highest BCUT2D eigenvalue weighted by molar-refractivity contribution is 6.00. The summed E-state index contributed by atoms with van der Waals surface area (Å²) >= 11 is 0. The number of nitrogens with zero attached hydrogens (tertiary/aromatic N) is 2. The summed E-state index contributed by atoms with van der Waals surface area (Å²) in [4.78, 5) is 15.4. The lowest BCUT2D eigenvalue weighted by molar-refractivity contribution is -0.118. The highest BCUT2D eigenvalue weighted by Gasteiger charge is 2.44. The number of Topliss-reactive ketones (excluding diaryl/α,β-unsaturated/α-hetero) is 1. The number of methoxy groups -OCH3 is 1. The molecule has 1 aliphatic heterocycles. The summed E-state index contributed by atoms with van der Waals surface area (Å²) < 4.78 is 16.8. The van der Waals surface area contributed by atoms with E-state index in [0.29, 0.717) is 67.7 Å². The second kappa shape index (κ2) is 10.1. The minimum Gasteiger partial charge on any atom is -0.490 e. The van der Waals surface area contributed by atoms with Crippen molar-refractivity contribution in [1.82, 2.24) is 4.90 Å². The van der Waals surface area contributed by atoms with Gasteiger partial charge >= 0.3 is 0 Å². The van der Waals surface area contributed by atoms with E-state index >= 15 is 0 Å². The summed E-state index contributed by atoms with van der Waals surface area (Å²) in [5.41, 5.74) is 9.00. The van der Waals surface area contributed by atoms with Gasteiger partial charge in [-0.15, -0.1) is 0 Å². The molecule has 3 rings (SSSR count). The third-order valence-electron chi connectivity index (χ3n) is 5.96. The molecule has 2 aliphatic rings. The summed E-state index contributed by atoms with van der Waals surface area (Å²) in [6.07, 6.45) is 2.76. The molecular formula is C26H33N3O4. The maximum Gasteiger partial charge on any atom is 0.162 e. The minimum absolute atomic E-state index is 0.0406. The molecule has 176 valence electrons. The van der Waals surface area contributed by atoms with Gasteiger partial charge in [0, 0.05) is 31.3 Å². The fourth-order valence-electron chi connectivity index (χ4n) is 4.59. The normalized spacial score (nSPS) is 19.8. The van der Waals surface area contributed by atoms with Gasteiger partial charge in [0.05, 0.1) is 30.8 Å². The number of hydrogen-bond donors (Lipinski definition) is 1. The van der Waals surface area contributed by atoms with Crippen molar-refractivity contribution in [1.29, 1.82) is 5.26 Å². The van der Waals surface area contributed by atoms with E-state index in [9.17, 15) is 10.1 Å². The molecule has 1 atom stereocenters. The number of carbonyl (C=O) groups excluding carboxylic acids is 1. The number of nitrogens with two attached hydrogens (primary N) is 1. The number of carbonyl (C=O) groups is 1. The molecular weight excluding hydrogens is 418 g/mol. The Hall–Kier alpha value is -3.24. The zero-order chi connectivity index (χ0) is 24.2.